The van der Waals surface area contributed by atoms with E-state index in [2.05, 4.69) is 5.32 Å². The molecule has 10 heteroatoms. The van der Waals surface area contributed by atoms with Crippen LogP contribution in [0.4, 0.5) is 5.69 Å². The Hall–Kier alpha value is -3.60. The quantitative estimate of drug-likeness (QED) is 0.202. The molecule has 3 aromatic rings. The number of phenols is 1. The van der Waals surface area contributed by atoms with Crippen molar-refractivity contribution in [1.82, 2.24) is 5.32 Å². The molecule has 0 aliphatic rings. The molecule has 1 unspecified atom stereocenters. The fraction of sp³-hybridized carbons (Fsp3) is 0.269. The number of anilines is 1. The minimum atomic E-state index is -3.76. The number of aromatic hydroxyl groups is 1. The van der Waals surface area contributed by atoms with Gasteiger partial charge in [0.25, 0.3) is 0 Å². The van der Waals surface area contributed by atoms with E-state index in [-0.39, 0.29) is 23.4 Å². The molecule has 3 rings (SSSR count). The Morgan fingerprint density at radius 3 is 2.25 bits per heavy atom. The zero-order valence-corrected chi connectivity index (χ0v) is 21.1. The van der Waals surface area contributed by atoms with Crippen LogP contribution in [0.25, 0.3) is 11.1 Å². The molecule has 9 nitrogen and oxygen atoms in total. The van der Waals surface area contributed by atoms with Gasteiger partial charge in [0.05, 0.1) is 17.4 Å². The van der Waals surface area contributed by atoms with Gasteiger partial charge in [-0.1, -0.05) is 18.2 Å². The van der Waals surface area contributed by atoms with Crippen LogP contribution in [0.1, 0.15) is 33.2 Å². The summed E-state index contributed by atoms with van der Waals surface area (Å²) in [5.41, 5.74) is 10.1. The van der Waals surface area contributed by atoms with Crippen molar-refractivity contribution in [1.29, 1.82) is 0 Å². The highest BCUT2D eigenvalue weighted by Crippen LogP contribution is 2.34. The zero-order chi connectivity index (χ0) is 26.6. The average molecular weight is 515 g/mol. The number of aliphatic hydroxyl groups excluding tert-OH is 1. The number of hydrogen-bond donors (Lipinski definition) is 5. The van der Waals surface area contributed by atoms with E-state index in [0.29, 0.717) is 18.9 Å². The van der Waals surface area contributed by atoms with Crippen LogP contribution in [0.15, 0.2) is 53.4 Å². The Kier molecular flexibility index (Phi) is 8.24. The molecule has 0 aliphatic heterocycles. The van der Waals surface area contributed by atoms with Crippen molar-refractivity contribution in [3.8, 4) is 22.6 Å². The normalized spacial score (nSPS) is 12.3. The van der Waals surface area contributed by atoms with E-state index in [0.717, 1.165) is 28.5 Å². The van der Waals surface area contributed by atoms with Crippen LogP contribution >= 0.6 is 0 Å². The Morgan fingerprint density at radius 2 is 1.69 bits per heavy atom. The predicted molar refractivity (Wildman–Crippen MR) is 137 cm³/mol. The third-order valence-corrected chi connectivity index (χ3v) is 6.92. The summed E-state index contributed by atoms with van der Waals surface area (Å²) in [5, 5.41) is 32.4. The number of nitrogens with two attached hydrogens (primary N) is 1. The van der Waals surface area contributed by atoms with E-state index in [4.69, 9.17) is 15.6 Å². The number of aromatic carboxylic acids is 1. The highest BCUT2D eigenvalue weighted by atomic mass is 32.2. The van der Waals surface area contributed by atoms with Gasteiger partial charge >= 0.3 is 5.97 Å². The minimum absolute atomic E-state index is 0.102. The van der Waals surface area contributed by atoms with Gasteiger partial charge in [0.1, 0.15) is 23.0 Å². The monoisotopic (exact) mass is 514 g/mol. The summed E-state index contributed by atoms with van der Waals surface area (Å²) in [6, 6.07) is 13.1. The van der Waals surface area contributed by atoms with Crippen molar-refractivity contribution < 1.29 is 33.3 Å². The second-order valence-electron chi connectivity index (χ2n) is 8.57. The number of rotatable bonds is 10. The Bertz CT molecular complexity index is 1350. The molecular formula is C26H30N2O7S. The van der Waals surface area contributed by atoms with Crippen LogP contribution in [-0.2, 0) is 9.84 Å². The van der Waals surface area contributed by atoms with Gasteiger partial charge in [-0.05, 0) is 66.4 Å². The molecule has 0 saturated heterocycles. The molecule has 0 amide bonds. The van der Waals surface area contributed by atoms with E-state index in [1.807, 2.05) is 26.0 Å². The molecule has 3 aromatic carbocycles. The summed E-state index contributed by atoms with van der Waals surface area (Å²) in [5.74, 6) is -0.745. The van der Waals surface area contributed by atoms with Crippen molar-refractivity contribution in [3.05, 3.63) is 70.8 Å². The second kappa shape index (κ2) is 11.0. The van der Waals surface area contributed by atoms with Gasteiger partial charge in [-0.15, -0.1) is 0 Å². The summed E-state index contributed by atoms with van der Waals surface area (Å²) in [7, 11) is -3.76. The Labute approximate surface area is 210 Å². The van der Waals surface area contributed by atoms with Crippen molar-refractivity contribution in [2.24, 2.45) is 0 Å². The van der Waals surface area contributed by atoms with Crippen molar-refractivity contribution in [2.45, 2.75) is 24.8 Å². The number of phenolic OH excluding ortho intramolecular Hbond substituents is 1. The number of carboxylic acids is 1. The number of nitrogen functional groups attached to an aromatic ring is 1. The molecule has 0 aromatic heterocycles. The smallest absolute Gasteiger partial charge is 0.335 e. The van der Waals surface area contributed by atoms with E-state index in [1.165, 1.54) is 12.1 Å². The number of ether oxygens (including phenoxy) is 1. The summed E-state index contributed by atoms with van der Waals surface area (Å²) >= 11 is 0. The van der Waals surface area contributed by atoms with E-state index < -0.39 is 32.6 Å². The van der Waals surface area contributed by atoms with Crippen molar-refractivity contribution in [3.63, 3.8) is 0 Å². The van der Waals surface area contributed by atoms with Crippen LogP contribution in [-0.4, -0.2) is 55.7 Å². The molecule has 0 spiro atoms. The summed E-state index contributed by atoms with van der Waals surface area (Å²) in [6.45, 7) is 4.75. The first-order valence-corrected chi connectivity index (χ1v) is 13.1. The maximum absolute atomic E-state index is 11.9. The van der Waals surface area contributed by atoms with Gasteiger partial charge in [0.2, 0.25) is 0 Å². The topological polar surface area (TPSA) is 159 Å². The Balaban J connectivity index is 1.58. The molecule has 36 heavy (non-hydrogen) atoms. The maximum Gasteiger partial charge on any atom is 0.335 e. The Morgan fingerprint density at radius 1 is 1.08 bits per heavy atom. The van der Waals surface area contributed by atoms with Gasteiger partial charge in [-0.2, -0.15) is 0 Å². The lowest BCUT2D eigenvalue weighted by molar-refractivity contribution is 0.0697. The number of nitrogens with one attached hydrogen (secondary N) is 1. The van der Waals surface area contributed by atoms with Gasteiger partial charge in [-0.3, -0.25) is 0 Å². The molecule has 0 saturated carbocycles. The highest BCUT2D eigenvalue weighted by molar-refractivity contribution is 7.91. The van der Waals surface area contributed by atoms with E-state index in [1.54, 1.807) is 24.3 Å². The molecule has 0 fully saturated rings. The summed E-state index contributed by atoms with van der Waals surface area (Å²) < 4.78 is 29.6. The number of benzene rings is 3. The van der Waals surface area contributed by atoms with Crippen molar-refractivity contribution in [2.75, 3.05) is 31.7 Å². The first-order chi connectivity index (χ1) is 16.9. The fourth-order valence-electron chi connectivity index (χ4n) is 4.12. The molecule has 1 atom stereocenters. The highest BCUT2D eigenvalue weighted by Gasteiger charge is 2.22. The predicted octanol–water partition coefficient (Wildman–Crippen LogP) is 3.06. The number of carbonyl (C=O) groups is 1. The van der Waals surface area contributed by atoms with E-state index in [9.17, 15) is 23.4 Å². The summed E-state index contributed by atoms with van der Waals surface area (Å²) in [4.78, 5) is 10.7. The van der Waals surface area contributed by atoms with Crippen LogP contribution < -0.4 is 15.8 Å². The lowest BCUT2D eigenvalue weighted by Gasteiger charge is -2.17. The fourth-order valence-corrected chi connectivity index (χ4v) is 5.08. The maximum atomic E-state index is 11.9. The number of hydrogen-bond acceptors (Lipinski definition) is 8. The average Bonchev–Trinajstić information content (AvgIpc) is 2.77. The first kappa shape index (κ1) is 27.0. The molecule has 0 bridgehead atoms. The molecule has 0 aliphatic carbocycles. The molecule has 6 N–H and O–H groups in total. The largest absolute Gasteiger partial charge is 0.507 e. The number of aliphatic hydroxyl groups is 1. The van der Waals surface area contributed by atoms with Crippen LogP contribution in [0.2, 0.25) is 0 Å². The number of carboxylic acid groups (broad SMARTS) is 1. The van der Waals surface area contributed by atoms with Gasteiger partial charge in [0, 0.05) is 24.9 Å². The zero-order valence-electron chi connectivity index (χ0n) is 20.3. The first-order valence-electron chi connectivity index (χ1n) is 11.2. The lowest BCUT2D eigenvalue weighted by Crippen LogP contribution is -2.26. The number of aryl methyl sites for hydroxylation is 2. The minimum Gasteiger partial charge on any atom is -0.507 e. The van der Waals surface area contributed by atoms with Crippen LogP contribution in [0.3, 0.4) is 0 Å². The second-order valence-corrected chi connectivity index (χ2v) is 10.5. The standard InChI is InChI=1S/C26H30N2O7S/c1-15-12-19(13-16(2)23(15)17-4-6-18(7-5-17)26(31)32)35-11-10-28-14-22(30)20-8-9-21(29)25(24(20)27)36(3,33)34/h4-9,12-13,22,28-30H,10-11,14,27H2,1-3H3,(H,31,32). The van der Waals surface area contributed by atoms with Crippen LogP contribution in [0.5, 0.6) is 11.5 Å². The van der Waals surface area contributed by atoms with Crippen LogP contribution in [0, 0.1) is 13.8 Å². The van der Waals surface area contributed by atoms with Gasteiger partial charge < -0.3 is 31.1 Å². The third-order valence-electron chi connectivity index (χ3n) is 5.75. The third kappa shape index (κ3) is 6.14. The summed E-state index contributed by atoms with van der Waals surface area (Å²) in [6.07, 6.45) is -0.141. The SMILES string of the molecule is Cc1cc(OCCNCC(O)c2ccc(O)c(S(C)(=O)=O)c2N)cc(C)c1-c1ccc(C(=O)O)cc1. The molecule has 0 radical (unpaired) electrons. The van der Waals surface area contributed by atoms with Gasteiger partial charge in [-0.25, -0.2) is 13.2 Å². The lowest BCUT2D eigenvalue weighted by atomic mass is 9.95. The number of sulfone groups is 1. The van der Waals surface area contributed by atoms with Gasteiger partial charge in [0.15, 0.2) is 9.84 Å². The molecule has 192 valence electrons. The molecule has 0 heterocycles. The molecular weight excluding hydrogens is 484 g/mol. The van der Waals surface area contributed by atoms with Crippen molar-refractivity contribution >= 4 is 21.5 Å². The van der Waals surface area contributed by atoms with E-state index >= 15 is 0 Å².